The topological polar surface area (TPSA) is 57.7 Å². The summed E-state index contributed by atoms with van der Waals surface area (Å²) in [5, 5.41) is 1.29. The first-order valence-electron chi connectivity index (χ1n) is 11.0. The van der Waals surface area contributed by atoms with E-state index in [1.54, 1.807) is 6.08 Å². The summed E-state index contributed by atoms with van der Waals surface area (Å²) in [4.78, 5) is 15.1. The van der Waals surface area contributed by atoms with Crippen LogP contribution in [0.4, 0.5) is 0 Å². The Kier molecular flexibility index (Phi) is 6.40. The van der Waals surface area contributed by atoms with E-state index >= 15 is 0 Å². The van der Waals surface area contributed by atoms with Gasteiger partial charge in [0.1, 0.15) is 0 Å². The molecule has 4 rings (SSSR count). The SMILES string of the molecule is O=C(C1CCN(S(=O)(=O)/C=C/c2ccccc2)CC1)N1CC[C@H]2CCCC[C@@H]2C1. The van der Waals surface area contributed by atoms with Gasteiger partial charge in [0.05, 0.1) is 0 Å². The Morgan fingerprint density at radius 3 is 2.31 bits per heavy atom. The number of carbonyl (C=O) groups is 1. The largest absolute Gasteiger partial charge is 0.342 e. The van der Waals surface area contributed by atoms with Crippen LogP contribution in [-0.2, 0) is 14.8 Å². The zero-order valence-corrected chi connectivity index (χ0v) is 17.9. The Labute approximate surface area is 174 Å². The third-order valence-corrected chi connectivity index (χ3v) is 8.56. The molecular weight excluding hydrogens is 384 g/mol. The fourth-order valence-corrected chi connectivity index (χ4v) is 6.45. The summed E-state index contributed by atoms with van der Waals surface area (Å²) in [6.07, 6.45) is 9.29. The highest BCUT2D eigenvalue weighted by molar-refractivity contribution is 7.92. The Morgan fingerprint density at radius 1 is 0.897 bits per heavy atom. The normalized spacial score (nSPS) is 27.1. The highest BCUT2D eigenvalue weighted by Gasteiger charge is 2.37. The Hall–Kier alpha value is -1.66. The van der Waals surface area contributed by atoms with Crippen LogP contribution >= 0.6 is 0 Å². The minimum Gasteiger partial charge on any atom is -0.342 e. The number of piperidine rings is 2. The highest BCUT2D eigenvalue weighted by atomic mass is 32.2. The second-order valence-electron chi connectivity index (χ2n) is 8.81. The van der Waals surface area contributed by atoms with Gasteiger partial charge in [-0.05, 0) is 49.2 Å². The molecule has 1 aromatic carbocycles. The van der Waals surface area contributed by atoms with Crippen LogP contribution in [0.25, 0.3) is 6.08 Å². The van der Waals surface area contributed by atoms with Gasteiger partial charge in [0.2, 0.25) is 15.9 Å². The number of sulfonamides is 1. The van der Waals surface area contributed by atoms with Gasteiger partial charge in [-0.2, -0.15) is 4.31 Å². The van der Waals surface area contributed by atoms with Crippen molar-refractivity contribution in [2.45, 2.75) is 44.9 Å². The van der Waals surface area contributed by atoms with E-state index in [0.717, 1.165) is 31.0 Å². The molecule has 0 spiro atoms. The second-order valence-corrected chi connectivity index (χ2v) is 10.6. The fraction of sp³-hybridized carbons (Fsp3) is 0.609. The van der Waals surface area contributed by atoms with Crippen molar-refractivity contribution in [3.8, 4) is 0 Å². The molecule has 2 saturated heterocycles. The number of nitrogens with zero attached hydrogens (tertiary/aromatic N) is 2. The van der Waals surface area contributed by atoms with Gasteiger partial charge in [-0.3, -0.25) is 4.79 Å². The monoisotopic (exact) mass is 416 g/mol. The van der Waals surface area contributed by atoms with Crippen LogP contribution in [0.15, 0.2) is 35.7 Å². The van der Waals surface area contributed by atoms with E-state index in [4.69, 9.17) is 0 Å². The molecular formula is C23H32N2O3S. The van der Waals surface area contributed by atoms with Crippen LogP contribution in [0.1, 0.15) is 50.5 Å². The molecule has 3 fully saturated rings. The number of fused-ring (bicyclic) bond motifs is 1. The van der Waals surface area contributed by atoms with Crippen LogP contribution in [0, 0.1) is 17.8 Å². The molecule has 2 heterocycles. The Bertz CT molecular complexity index is 829. The Balaban J connectivity index is 1.30. The molecule has 1 amide bonds. The first-order valence-corrected chi connectivity index (χ1v) is 12.6. The molecule has 0 bridgehead atoms. The molecule has 1 saturated carbocycles. The molecule has 0 N–H and O–H groups in total. The first-order chi connectivity index (χ1) is 14.0. The van der Waals surface area contributed by atoms with E-state index < -0.39 is 10.0 Å². The maximum atomic E-state index is 13.0. The lowest BCUT2D eigenvalue weighted by molar-refractivity contribution is -0.139. The summed E-state index contributed by atoms with van der Waals surface area (Å²) in [5.41, 5.74) is 0.868. The Morgan fingerprint density at radius 2 is 1.59 bits per heavy atom. The number of hydrogen-bond acceptors (Lipinski definition) is 3. The van der Waals surface area contributed by atoms with Crippen LogP contribution in [0.3, 0.4) is 0 Å². The molecule has 2 aliphatic heterocycles. The van der Waals surface area contributed by atoms with Crippen molar-refractivity contribution in [1.29, 1.82) is 0 Å². The molecule has 1 aromatic rings. The minimum absolute atomic E-state index is 0.0281. The lowest BCUT2D eigenvalue weighted by Crippen LogP contribution is -2.49. The number of benzene rings is 1. The molecule has 1 aliphatic carbocycles. The molecule has 29 heavy (non-hydrogen) atoms. The lowest BCUT2D eigenvalue weighted by atomic mass is 9.75. The van der Waals surface area contributed by atoms with E-state index in [9.17, 15) is 13.2 Å². The van der Waals surface area contributed by atoms with Gasteiger partial charge in [-0.25, -0.2) is 8.42 Å². The number of likely N-dealkylation sites (tertiary alicyclic amines) is 1. The van der Waals surface area contributed by atoms with Crippen molar-refractivity contribution < 1.29 is 13.2 Å². The van der Waals surface area contributed by atoms with E-state index in [1.807, 2.05) is 30.3 Å². The predicted octanol–water partition coefficient (Wildman–Crippen LogP) is 3.74. The number of rotatable bonds is 4. The zero-order chi connectivity index (χ0) is 20.3. The average molecular weight is 417 g/mol. The van der Waals surface area contributed by atoms with Gasteiger partial charge < -0.3 is 4.90 Å². The predicted molar refractivity (Wildman–Crippen MR) is 115 cm³/mol. The highest BCUT2D eigenvalue weighted by Crippen LogP contribution is 2.37. The van der Waals surface area contributed by atoms with E-state index in [1.165, 1.54) is 35.4 Å². The molecule has 2 atom stereocenters. The van der Waals surface area contributed by atoms with Gasteiger partial charge in [0.25, 0.3) is 0 Å². The van der Waals surface area contributed by atoms with E-state index in [2.05, 4.69) is 4.90 Å². The summed E-state index contributed by atoms with van der Waals surface area (Å²) in [5.74, 6) is 1.73. The van der Waals surface area contributed by atoms with Crippen LogP contribution in [0.2, 0.25) is 0 Å². The summed E-state index contributed by atoms with van der Waals surface area (Å²) < 4.78 is 26.8. The maximum Gasteiger partial charge on any atom is 0.236 e. The van der Waals surface area contributed by atoms with Crippen molar-refractivity contribution in [2.75, 3.05) is 26.2 Å². The van der Waals surface area contributed by atoms with Crippen molar-refractivity contribution in [3.63, 3.8) is 0 Å². The van der Waals surface area contributed by atoms with Crippen molar-refractivity contribution in [1.82, 2.24) is 9.21 Å². The molecule has 5 nitrogen and oxygen atoms in total. The summed E-state index contributed by atoms with van der Waals surface area (Å²) >= 11 is 0. The number of carbonyl (C=O) groups excluding carboxylic acids is 1. The molecule has 6 heteroatoms. The quantitative estimate of drug-likeness (QED) is 0.751. The van der Waals surface area contributed by atoms with Gasteiger partial charge in [-0.15, -0.1) is 0 Å². The fourth-order valence-electron chi connectivity index (χ4n) is 5.23. The smallest absolute Gasteiger partial charge is 0.236 e. The van der Waals surface area contributed by atoms with Crippen molar-refractivity contribution in [3.05, 3.63) is 41.3 Å². The molecule has 158 valence electrons. The second kappa shape index (κ2) is 9.00. The number of hydrogen-bond donors (Lipinski definition) is 0. The summed E-state index contributed by atoms with van der Waals surface area (Å²) in [7, 11) is -3.44. The van der Waals surface area contributed by atoms with Crippen molar-refractivity contribution >= 4 is 22.0 Å². The van der Waals surface area contributed by atoms with Crippen LogP contribution in [-0.4, -0.2) is 49.7 Å². The van der Waals surface area contributed by atoms with E-state index in [0.29, 0.717) is 31.8 Å². The van der Waals surface area contributed by atoms with E-state index in [-0.39, 0.29) is 11.8 Å². The van der Waals surface area contributed by atoms with Gasteiger partial charge in [0, 0.05) is 37.5 Å². The van der Waals surface area contributed by atoms with Crippen molar-refractivity contribution in [2.24, 2.45) is 17.8 Å². The maximum absolute atomic E-state index is 13.0. The average Bonchev–Trinajstić information content (AvgIpc) is 2.78. The molecule has 0 unspecified atom stereocenters. The number of amides is 1. The van der Waals surface area contributed by atoms with Gasteiger partial charge in [0.15, 0.2) is 0 Å². The molecule has 0 aromatic heterocycles. The van der Waals surface area contributed by atoms with Crippen LogP contribution in [0.5, 0.6) is 0 Å². The van der Waals surface area contributed by atoms with Crippen LogP contribution < -0.4 is 0 Å². The minimum atomic E-state index is -3.44. The molecule has 0 radical (unpaired) electrons. The van der Waals surface area contributed by atoms with Gasteiger partial charge in [-0.1, -0.05) is 49.6 Å². The lowest BCUT2D eigenvalue weighted by Gasteiger charge is -2.43. The molecule has 3 aliphatic rings. The third kappa shape index (κ3) is 4.92. The zero-order valence-electron chi connectivity index (χ0n) is 17.1. The summed E-state index contributed by atoms with van der Waals surface area (Å²) in [6.45, 7) is 2.66. The third-order valence-electron chi connectivity index (χ3n) is 7.00. The van der Waals surface area contributed by atoms with Gasteiger partial charge >= 0.3 is 0 Å². The first kappa shape index (κ1) is 20.6. The summed E-state index contributed by atoms with van der Waals surface area (Å²) in [6, 6.07) is 9.45. The standard InChI is InChI=1S/C23H32N2O3S/c26-23(24-14-10-20-8-4-5-9-22(20)18-24)21-11-15-25(16-12-21)29(27,28)17-13-19-6-2-1-3-7-19/h1-3,6-7,13,17,20-22H,4-5,8-12,14-16,18H2/b17-13+/t20-,22-/m1/s1.